The van der Waals surface area contributed by atoms with Crippen LogP contribution in [0.3, 0.4) is 0 Å². The van der Waals surface area contributed by atoms with Gasteiger partial charge in [-0.25, -0.2) is 0 Å². The number of ether oxygens (including phenoxy) is 2. The number of benzene rings is 1. The molecule has 1 saturated heterocycles. The molecule has 4 nitrogen and oxygen atoms in total. The molecule has 1 aromatic carbocycles. The van der Waals surface area contributed by atoms with E-state index >= 15 is 0 Å². The van der Waals surface area contributed by atoms with E-state index in [1.165, 1.54) is 6.42 Å². The molecule has 0 radical (unpaired) electrons. The van der Waals surface area contributed by atoms with Crippen molar-refractivity contribution in [2.24, 2.45) is 5.41 Å². The zero-order valence-corrected chi connectivity index (χ0v) is 15.6. The fourth-order valence-electron chi connectivity index (χ4n) is 3.30. The van der Waals surface area contributed by atoms with Gasteiger partial charge in [0.2, 0.25) is 5.91 Å². The van der Waals surface area contributed by atoms with Crippen LogP contribution in [0.25, 0.3) is 0 Å². The van der Waals surface area contributed by atoms with E-state index in [0.717, 1.165) is 43.0 Å². The smallest absolute Gasteiger partial charge is 0.222 e. The number of likely N-dealkylation sites (tertiary alicyclic amines) is 1. The first-order valence-electron chi connectivity index (χ1n) is 9.11. The van der Waals surface area contributed by atoms with Gasteiger partial charge in [0.25, 0.3) is 0 Å². The maximum Gasteiger partial charge on any atom is 0.222 e. The van der Waals surface area contributed by atoms with E-state index in [4.69, 9.17) is 9.47 Å². The number of rotatable bonds is 7. The van der Waals surface area contributed by atoms with Crippen molar-refractivity contribution in [1.82, 2.24) is 4.90 Å². The Hall–Kier alpha value is -1.71. The molecule has 0 N–H and O–H groups in total. The second kappa shape index (κ2) is 8.41. The van der Waals surface area contributed by atoms with Crippen molar-refractivity contribution in [3.05, 3.63) is 23.8 Å². The lowest BCUT2D eigenvalue weighted by Crippen LogP contribution is -2.43. The summed E-state index contributed by atoms with van der Waals surface area (Å²) in [5.41, 5.74) is 1.36. The molecule has 1 aliphatic heterocycles. The maximum absolute atomic E-state index is 12.5. The largest absolute Gasteiger partial charge is 0.490 e. The number of aryl methyl sites for hydroxylation is 1. The number of carbonyl (C=O) groups is 1. The van der Waals surface area contributed by atoms with Crippen molar-refractivity contribution in [3.8, 4) is 11.5 Å². The highest BCUT2D eigenvalue weighted by atomic mass is 16.5. The van der Waals surface area contributed by atoms with Gasteiger partial charge in [-0.2, -0.15) is 0 Å². The van der Waals surface area contributed by atoms with Gasteiger partial charge in [0.1, 0.15) is 0 Å². The van der Waals surface area contributed by atoms with Crippen LogP contribution in [0, 0.1) is 5.41 Å². The maximum atomic E-state index is 12.5. The summed E-state index contributed by atoms with van der Waals surface area (Å²) in [7, 11) is 0. The van der Waals surface area contributed by atoms with E-state index in [0.29, 0.717) is 19.6 Å². The molecule has 1 aliphatic rings. The topological polar surface area (TPSA) is 38.8 Å². The zero-order valence-electron chi connectivity index (χ0n) is 15.6. The second-order valence-corrected chi connectivity index (χ2v) is 7.23. The van der Waals surface area contributed by atoms with Gasteiger partial charge in [-0.3, -0.25) is 4.79 Å². The third-order valence-electron chi connectivity index (χ3n) is 4.49. The minimum absolute atomic E-state index is 0.245. The van der Waals surface area contributed by atoms with Gasteiger partial charge >= 0.3 is 0 Å². The van der Waals surface area contributed by atoms with E-state index in [-0.39, 0.29) is 11.3 Å². The lowest BCUT2D eigenvalue weighted by molar-refractivity contribution is -0.134. The molecule has 1 heterocycles. The van der Waals surface area contributed by atoms with Gasteiger partial charge in [0.05, 0.1) is 13.2 Å². The molecule has 0 aromatic heterocycles. The van der Waals surface area contributed by atoms with E-state index in [1.54, 1.807) is 0 Å². The van der Waals surface area contributed by atoms with Crippen LogP contribution < -0.4 is 9.47 Å². The fourth-order valence-corrected chi connectivity index (χ4v) is 3.30. The van der Waals surface area contributed by atoms with E-state index in [2.05, 4.69) is 13.8 Å². The predicted molar refractivity (Wildman–Crippen MR) is 96.7 cm³/mol. The molecule has 0 aliphatic carbocycles. The standard InChI is InChI=1S/C20H31NO3/c1-5-23-17-10-8-16(14-18(17)24-6-2)9-11-19(22)21-13-7-12-20(3,4)15-21/h8,10,14H,5-7,9,11-13,15H2,1-4H3. The van der Waals surface area contributed by atoms with Crippen molar-refractivity contribution in [2.75, 3.05) is 26.3 Å². The van der Waals surface area contributed by atoms with Crippen molar-refractivity contribution < 1.29 is 14.3 Å². The van der Waals surface area contributed by atoms with Crippen LogP contribution in [-0.2, 0) is 11.2 Å². The number of carbonyl (C=O) groups excluding carboxylic acids is 1. The van der Waals surface area contributed by atoms with Gasteiger partial charge in [0, 0.05) is 19.5 Å². The number of hydrogen-bond acceptors (Lipinski definition) is 3. The number of piperidine rings is 1. The van der Waals surface area contributed by atoms with Gasteiger partial charge in [-0.1, -0.05) is 19.9 Å². The Labute approximate surface area is 146 Å². The molecule has 0 atom stereocenters. The summed E-state index contributed by atoms with van der Waals surface area (Å²) in [6.45, 7) is 11.4. The highest BCUT2D eigenvalue weighted by Crippen LogP contribution is 2.30. The van der Waals surface area contributed by atoms with Crippen LogP contribution in [0.5, 0.6) is 11.5 Å². The summed E-state index contributed by atoms with van der Waals surface area (Å²) in [6.07, 6.45) is 3.60. The molecule has 24 heavy (non-hydrogen) atoms. The third kappa shape index (κ3) is 5.15. The third-order valence-corrected chi connectivity index (χ3v) is 4.49. The molecule has 1 fully saturated rings. The summed E-state index contributed by atoms with van der Waals surface area (Å²) in [5, 5.41) is 0. The molecule has 2 rings (SSSR count). The SMILES string of the molecule is CCOc1ccc(CCC(=O)N2CCCC(C)(C)C2)cc1OCC. The van der Waals surface area contributed by atoms with Crippen molar-refractivity contribution >= 4 is 5.91 Å². The Morgan fingerprint density at radius 3 is 2.54 bits per heavy atom. The predicted octanol–water partition coefficient (Wildman–Crippen LogP) is 4.07. The number of hydrogen-bond donors (Lipinski definition) is 0. The van der Waals surface area contributed by atoms with Gasteiger partial charge in [-0.15, -0.1) is 0 Å². The molecule has 0 unspecified atom stereocenters. The minimum Gasteiger partial charge on any atom is -0.490 e. The number of nitrogens with zero attached hydrogens (tertiary/aromatic N) is 1. The van der Waals surface area contributed by atoms with Gasteiger partial charge in [-0.05, 0) is 56.2 Å². The summed E-state index contributed by atoms with van der Waals surface area (Å²) < 4.78 is 11.2. The zero-order chi connectivity index (χ0) is 17.6. The quantitative estimate of drug-likeness (QED) is 0.755. The highest BCUT2D eigenvalue weighted by molar-refractivity contribution is 5.76. The Morgan fingerprint density at radius 2 is 1.88 bits per heavy atom. The van der Waals surface area contributed by atoms with Crippen LogP contribution >= 0.6 is 0 Å². The Bertz CT molecular complexity index is 554. The summed E-state index contributed by atoms with van der Waals surface area (Å²) in [4.78, 5) is 14.5. The molecular formula is C20H31NO3. The molecule has 0 spiro atoms. The Kier molecular flexibility index (Phi) is 6.52. The minimum atomic E-state index is 0.245. The van der Waals surface area contributed by atoms with Crippen LogP contribution in [0.2, 0.25) is 0 Å². The average Bonchev–Trinajstić information content (AvgIpc) is 2.54. The molecule has 1 amide bonds. The summed E-state index contributed by atoms with van der Waals surface area (Å²) >= 11 is 0. The van der Waals surface area contributed by atoms with Crippen LogP contribution in [-0.4, -0.2) is 37.1 Å². The normalized spacial score (nSPS) is 16.8. The summed E-state index contributed by atoms with van der Waals surface area (Å²) in [5.74, 6) is 1.80. The van der Waals surface area contributed by atoms with Gasteiger partial charge in [0.15, 0.2) is 11.5 Å². The first kappa shape index (κ1) is 18.6. The highest BCUT2D eigenvalue weighted by Gasteiger charge is 2.28. The second-order valence-electron chi connectivity index (χ2n) is 7.23. The first-order valence-corrected chi connectivity index (χ1v) is 9.11. The van der Waals surface area contributed by atoms with Gasteiger partial charge < -0.3 is 14.4 Å². The van der Waals surface area contributed by atoms with Crippen LogP contribution in [0.1, 0.15) is 52.5 Å². The molecule has 0 saturated carbocycles. The van der Waals surface area contributed by atoms with Crippen molar-refractivity contribution in [3.63, 3.8) is 0 Å². The van der Waals surface area contributed by atoms with Crippen molar-refractivity contribution in [2.45, 2.75) is 53.4 Å². The average molecular weight is 333 g/mol. The van der Waals surface area contributed by atoms with Crippen LogP contribution in [0.4, 0.5) is 0 Å². The lowest BCUT2D eigenvalue weighted by atomic mass is 9.84. The molecule has 4 heteroatoms. The fraction of sp³-hybridized carbons (Fsp3) is 0.650. The van der Waals surface area contributed by atoms with E-state index < -0.39 is 0 Å². The van der Waals surface area contributed by atoms with Crippen LogP contribution in [0.15, 0.2) is 18.2 Å². The van der Waals surface area contributed by atoms with Crippen molar-refractivity contribution in [1.29, 1.82) is 0 Å². The molecule has 134 valence electrons. The first-order chi connectivity index (χ1) is 11.4. The number of amides is 1. The lowest BCUT2D eigenvalue weighted by Gasteiger charge is -2.38. The molecule has 0 bridgehead atoms. The monoisotopic (exact) mass is 333 g/mol. The molecular weight excluding hydrogens is 302 g/mol. The van der Waals surface area contributed by atoms with E-state index in [1.807, 2.05) is 36.9 Å². The summed E-state index contributed by atoms with van der Waals surface area (Å²) in [6, 6.07) is 5.97. The Morgan fingerprint density at radius 1 is 1.17 bits per heavy atom. The molecule has 1 aromatic rings. The Balaban J connectivity index is 1.95. The van der Waals surface area contributed by atoms with E-state index in [9.17, 15) is 4.79 Å².